The van der Waals surface area contributed by atoms with E-state index in [2.05, 4.69) is 26.5 Å². The van der Waals surface area contributed by atoms with Crippen LogP contribution in [0.15, 0.2) is 47.2 Å². The summed E-state index contributed by atoms with van der Waals surface area (Å²) >= 11 is 0. The number of amides is 1. The van der Waals surface area contributed by atoms with Crippen molar-refractivity contribution < 1.29 is 4.79 Å². The van der Waals surface area contributed by atoms with Gasteiger partial charge in [-0.05, 0) is 49.5 Å². The lowest BCUT2D eigenvalue weighted by molar-refractivity contribution is 0.0822. The number of aromatic amines is 2. The average Bonchev–Trinajstić information content (AvgIpc) is 3.35. The molecule has 2 aromatic heterocycles. The van der Waals surface area contributed by atoms with Crippen LogP contribution in [-0.4, -0.2) is 51.0 Å². The molecule has 27 heavy (non-hydrogen) atoms. The van der Waals surface area contributed by atoms with E-state index in [9.17, 15) is 4.79 Å². The lowest BCUT2D eigenvalue weighted by Crippen LogP contribution is -2.24. The molecule has 7 heteroatoms. The minimum absolute atomic E-state index is 0.114. The molecule has 1 aromatic carbocycles. The molecule has 138 valence electrons. The zero-order valence-corrected chi connectivity index (χ0v) is 15.5. The number of hydrogen-bond acceptors (Lipinski definition) is 4. The van der Waals surface area contributed by atoms with Crippen molar-refractivity contribution in [3.05, 3.63) is 53.5 Å². The second-order valence-electron chi connectivity index (χ2n) is 6.94. The van der Waals surface area contributed by atoms with Gasteiger partial charge < -0.3 is 4.90 Å². The monoisotopic (exact) mass is 362 g/mol. The first-order chi connectivity index (χ1) is 13.1. The zero-order valence-electron chi connectivity index (χ0n) is 15.5. The fourth-order valence-corrected chi connectivity index (χ4v) is 3.34. The zero-order chi connectivity index (χ0) is 18.8. The van der Waals surface area contributed by atoms with E-state index in [1.807, 2.05) is 18.2 Å². The third-order valence-electron chi connectivity index (χ3n) is 4.77. The van der Waals surface area contributed by atoms with Crippen molar-refractivity contribution in [3.8, 4) is 0 Å². The molecule has 4 rings (SSSR count). The predicted molar refractivity (Wildman–Crippen MR) is 105 cm³/mol. The maximum absolute atomic E-state index is 12.6. The van der Waals surface area contributed by atoms with Gasteiger partial charge in [0.1, 0.15) is 5.69 Å². The van der Waals surface area contributed by atoms with E-state index < -0.39 is 0 Å². The van der Waals surface area contributed by atoms with Gasteiger partial charge >= 0.3 is 0 Å². The van der Waals surface area contributed by atoms with E-state index >= 15 is 0 Å². The van der Waals surface area contributed by atoms with Gasteiger partial charge in [0.2, 0.25) is 0 Å². The Labute approximate surface area is 157 Å². The van der Waals surface area contributed by atoms with Crippen LogP contribution in [0.4, 0.5) is 5.69 Å². The minimum Gasteiger partial charge on any atom is -0.343 e. The second-order valence-corrected chi connectivity index (χ2v) is 6.94. The smallest absolute Gasteiger partial charge is 0.272 e. The number of carbonyl (C=O) groups excluding carboxylic acids is 1. The summed E-state index contributed by atoms with van der Waals surface area (Å²) in [4.78, 5) is 19.0. The number of rotatable bonds is 4. The van der Waals surface area contributed by atoms with E-state index in [1.165, 1.54) is 12.0 Å². The van der Waals surface area contributed by atoms with Crippen molar-refractivity contribution in [2.24, 2.45) is 4.99 Å². The molecule has 3 aromatic rings. The molecule has 0 radical (unpaired) electrons. The number of benzene rings is 1. The van der Waals surface area contributed by atoms with E-state index in [0.29, 0.717) is 5.69 Å². The van der Waals surface area contributed by atoms with E-state index in [4.69, 9.17) is 4.99 Å². The van der Waals surface area contributed by atoms with Gasteiger partial charge in [0.15, 0.2) is 0 Å². The predicted octanol–water partition coefficient (Wildman–Crippen LogP) is 3.61. The van der Waals surface area contributed by atoms with Gasteiger partial charge in [0.05, 0.1) is 34.9 Å². The number of hydrogen-bond donors (Lipinski definition) is 2. The molecule has 0 bridgehead atoms. The minimum atomic E-state index is -0.114. The number of carbonyl (C=O) groups is 1. The maximum Gasteiger partial charge on any atom is 0.272 e. The first-order valence-electron chi connectivity index (χ1n) is 9.10. The molecule has 0 saturated heterocycles. The summed E-state index contributed by atoms with van der Waals surface area (Å²) in [6.07, 6.45) is 10.0. The van der Waals surface area contributed by atoms with Crippen molar-refractivity contribution in [1.29, 1.82) is 0 Å². The Balaban J connectivity index is 1.84. The van der Waals surface area contributed by atoms with Crippen LogP contribution in [0.1, 0.15) is 41.7 Å². The van der Waals surface area contributed by atoms with Gasteiger partial charge in [0.25, 0.3) is 5.91 Å². The summed E-state index contributed by atoms with van der Waals surface area (Å²) < 4.78 is 0. The Morgan fingerprint density at radius 1 is 1.15 bits per heavy atom. The molecule has 0 spiro atoms. The third-order valence-corrected chi connectivity index (χ3v) is 4.77. The van der Waals surface area contributed by atoms with E-state index in [0.717, 1.165) is 47.1 Å². The normalized spacial score (nSPS) is 15.0. The fraction of sp³-hybridized carbons (Fsp3) is 0.300. The van der Waals surface area contributed by atoms with Crippen LogP contribution in [0.2, 0.25) is 0 Å². The van der Waals surface area contributed by atoms with E-state index in [-0.39, 0.29) is 5.91 Å². The molecule has 1 aliphatic rings. The number of aliphatic imine (C=N–C) groups is 1. The highest BCUT2D eigenvalue weighted by Gasteiger charge is 2.22. The lowest BCUT2D eigenvalue weighted by Gasteiger charge is -2.16. The number of nitrogens with one attached hydrogen (secondary N) is 2. The molecule has 1 aliphatic carbocycles. The lowest BCUT2D eigenvalue weighted by atomic mass is 9.92. The van der Waals surface area contributed by atoms with Crippen LogP contribution >= 0.6 is 0 Å². The number of H-pyrrole nitrogens is 2. The number of fused-ring (bicyclic) bond motifs is 1. The standard InChI is InChI=1S/C20H22N6O/c1-26(2)20(27)19-16(12-22-25-19)18(13-6-4-3-5-7-13)23-15-8-9-17-14(10-15)11-21-24-17/h6,8-12H,3-5,7H2,1-2H3,(H,21,24)(H,22,25). The van der Waals surface area contributed by atoms with Crippen molar-refractivity contribution in [2.75, 3.05) is 14.1 Å². The van der Waals surface area contributed by atoms with Gasteiger partial charge in [-0.2, -0.15) is 10.2 Å². The molecule has 2 heterocycles. The van der Waals surface area contributed by atoms with Crippen LogP contribution in [0, 0.1) is 0 Å². The molecule has 2 N–H and O–H groups in total. The Morgan fingerprint density at radius 3 is 2.78 bits per heavy atom. The van der Waals surface area contributed by atoms with Gasteiger partial charge in [-0.25, -0.2) is 4.99 Å². The summed E-state index contributed by atoms with van der Waals surface area (Å²) in [6, 6.07) is 5.92. The quantitative estimate of drug-likeness (QED) is 0.695. The summed E-state index contributed by atoms with van der Waals surface area (Å²) in [6.45, 7) is 0. The third kappa shape index (κ3) is 3.40. The molecule has 0 fully saturated rings. The first kappa shape index (κ1) is 17.2. The Morgan fingerprint density at radius 2 is 2.00 bits per heavy atom. The largest absolute Gasteiger partial charge is 0.343 e. The second kappa shape index (κ2) is 7.19. The summed E-state index contributed by atoms with van der Waals surface area (Å²) in [5.41, 5.74) is 5.00. The molecular formula is C20H22N6O. The highest BCUT2D eigenvalue weighted by Crippen LogP contribution is 2.27. The van der Waals surface area contributed by atoms with Crippen molar-refractivity contribution in [3.63, 3.8) is 0 Å². The number of allylic oxidation sites excluding steroid dienone is 2. The highest BCUT2D eigenvalue weighted by molar-refractivity contribution is 6.18. The van der Waals surface area contributed by atoms with Gasteiger partial charge in [-0.3, -0.25) is 15.0 Å². The molecule has 0 saturated carbocycles. The molecule has 7 nitrogen and oxygen atoms in total. The van der Waals surface area contributed by atoms with Crippen molar-refractivity contribution in [1.82, 2.24) is 25.3 Å². The topological polar surface area (TPSA) is 90.0 Å². The van der Waals surface area contributed by atoms with Crippen LogP contribution in [0.5, 0.6) is 0 Å². The Kier molecular flexibility index (Phi) is 4.58. The van der Waals surface area contributed by atoms with Gasteiger partial charge in [-0.1, -0.05) is 6.08 Å². The molecule has 0 aliphatic heterocycles. The molecule has 0 atom stereocenters. The Bertz CT molecular complexity index is 1040. The summed E-state index contributed by atoms with van der Waals surface area (Å²) in [5.74, 6) is -0.114. The van der Waals surface area contributed by atoms with Crippen molar-refractivity contribution >= 4 is 28.2 Å². The SMILES string of the molecule is CN(C)C(=O)c1[nH]ncc1C(=Nc1ccc2[nH]ncc2c1)C1=CCCCC1. The van der Waals surface area contributed by atoms with Crippen LogP contribution in [-0.2, 0) is 0 Å². The molecule has 1 amide bonds. The van der Waals surface area contributed by atoms with Gasteiger partial charge in [0, 0.05) is 19.5 Å². The average molecular weight is 362 g/mol. The number of aromatic nitrogens is 4. The molecule has 0 unspecified atom stereocenters. The highest BCUT2D eigenvalue weighted by atomic mass is 16.2. The fourth-order valence-electron chi connectivity index (χ4n) is 3.34. The van der Waals surface area contributed by atoms with Crippen LogP contribution < -0.4 is 0 Å². The molecular weight excluding hydrogens is 340 g/mol. The van der Waals surface area contributed by atoms with Gasteiger partial charge in [-0.15, -0.1) is 0 Å². The summed E-state index contributed by atoms with van der Waals surface area (Å²) in [5, 5.41) is 15.0. The van der Waals surface area contributed by atoms with Crippen LogP contribution in [0.3, 0.4) is 0 Å². The summed E-state index contributed by atoms with van der Waals surface area (Å²) in [7, 11) is 3.47. The maximum atomic E-state index is 12.6. The van der Waals surface area contributed by atoms with Crippen molar-refractivity contribution in [2.45, 2.75) is 25.7 Å². The van der Waals surface area contributed by atoms with E-state index in [1.54, 1.807) is 31.4 Å². The Hall–Kier alpha value is -3.22. The number of nitrogens with zero attached hydrogens (tertiary/aromatic N) is 4. The first-order valence-corrected chi connectivity index (χ1v) is 9.10. The van der Waals surface area contributed by atoms with Crippen LogP contribution in [0.25, 0.3) is 10.9 Å².